The number of β-lactam (4-membered cyclic amide) rings is 1. The highest BCUT2D eigenvalue weighted by Crippen LogP contribution is 2.48. The van der Waals surface area contributed by atoms with Gasteiger partial charge in [-0.2, -0.15) is 0 Å². The third kappa shape index (κ3) is 2.04. The van der Waals surface area contributed by atoms with E-state index in [0.717, 1.165) is 24.4 Å². The Labute approximate surface area is 121 Å². The highest BCUT2D eigenvalue weighted by Gasteiger charge is 2.56. The quantitative estimate of drug-likeness (QED) is 0.633. The maximum atomic E-state index is 12.0. The summed E-state index contributed by atoms with van der Waals surface area (Å²) in [6.45, 7) is 3.42. The molecule has 6 nitrogen and oxygen atoms in total. The van der Waals surface area contributed by atoms with Gasteiger partial charge >= 0.3 is 5.97 Å². The maximum absolute atomic E-state index is 12.0. The number of carbonyl (C=O) groups excluding carboxylic acids is 1. The lowest BCUT2D eigenvalue weighted by Crippen LogP contribution is -2.61. The first-order valence-corrected chi connectivity index (χ1v) is 7.73. The monoisotopic (exact) mass is 298 g/mol. The van der Waals surface area contributed by atoms with Gasteiger partial charge in [0.1, 0.15) is 5.70 Å². The number of hydrogen-bond donors (Lipinski definition) is 3. The van der Waals surface area contributed by atoms with Crippen LogP contribution >= 0.6 is 11.8 Å². The van der Waals surface area contributed by atoms with Crippen molar-refractivity contribution in [2.45, 2.75) is 37.2 Å². The summed E-state index contributed by atoms with van der Waals surface area (Å²) >= 11 is 1.58. The number of rotatable bonds is 4. The Bertz CT molecular complexity index is 485. The van der Waals surface area contributed by atoms with Crippen molar-refractivity contribution in [1.82, 2.24) is 10.2 Å². The molecule has 3 rings (SSSR count). The Morgan fingerprint density at radius 1 is 1.55 bits per heavy atom. The number of carboxylic acid groups (broad SMARTS) is 1. The number of thioether (sulfide) groups is 1. The third-order valence-electron chi connectivity index (χ3n) is 4.21. The molecule has 3 N–H and O–H groups in total. The summed E-state index contributed by atoms with van der Waals surface area (Å²) in [7, 11) is 0. The lowest BCUT2D eigenvalue weighted by atomic mass is 9.83. The van der Waals surface area contributed by atoms with Gasteiger partial charge in [-0.15, -0.1) is 11.8 Å². The molecule has 1 amide bonds. The van der Waals surface area contributed by atoms with Crippen LogP contribution in [0.25, 0.3) is 0 Å². The van der Waals surface area contributed by atoms with Crippen LogP contribution < -0.4 is 5.32 Å². The van der Waals surface area contributed by atoms with Crippen molar-refractivity contribution in [3.8, 4) is 0 Å². The van der Waals surface area contributed by atoms with Crippen LogP contribution in [-0.4, -0.2) is 57.5 Å². The molecule has 20 heavy (non-hydrogen) atoms. The van der Waals surface area contributed by atoms with Crippen LogP contribution in [0.2, 0.25) is 0 Å². The first-order valence-electron chi connectivity index (χ1n) is 6.85. The number of aliphatic carboxylic acids is 1. The molecule has 2 unspecified atom stereocenters. The van der Waals surface area contributed by atoms with Gasteiger partial charge in [-0.3, -0.25) is 4.79 Å². The highest BCUT2D eigenvalue weighted by molar-refractivity contribution is 8.03. The van der Waals surface area contributed by atoms with Gasteiger partial charge in [0.2, 0.25) is 5.91 Å². The zero-order valence-electron chi connectivity index (χ0n) is 11.2. The standard InChI is InChI=1S/C13H18N2O4S/c1-6(16)10-8-4-9(20-7-2-3-14-5-7)11(13(18)19)15(8)12(10)17/h6-8,10,14,16H,2-5H2,1H3,(H,18,19)/t6?,7?,8-,10+/m1/s1. The fraction of sp³-hybridized carbons (Fsp3) is 0.692. The van der Waals surface area contributed by atoms with E-state index in [-0.39, 0.29) is 17.6 Å². The van der Waals surface area contributed by atoms with Crippen molar-refractivity contribution in [3.63, 3.8) is 0 Å². The zero-order valence-corrected chi connectivity index (χ0v) is 12.0. The van der Waals surface area contributed by atoms with Crippen molar-refractivity contribution >= 4 is 23.6 Å². The van der Waals surface area contributed by atoms with E-state index in [4.69, 9.17) is 0 Å². The van der Waals surface area contributed by atoms with Gasteiger partial charge in [-0.1, -0.05) is 0 Å². The molecule has 0 radical (unpaired) electrons. The molecule has 0 aromatic heterocycles. The summed E-state index contributed by atoms with van der Waals surface area (Å²) < 4.78 is 0. The molecule has 0 aromatic carbocycles. The SMILES string of the molecule is CC(O)[C@@H]1C(=O)N2C(C(=O)O)=C(SC3CCNC3)C[C@H]12. The van der Waals surface area contributed by atoms with Gasteiger partial charge in [0, 0.05) is 23.1 Å². The number of fused-ring (bicyclic) bond motifs is 1. The average Bonchev–Trinajstić information content (AvgIpc) is 2.95. The van der Waals surface area contributed by atoms with E-state index in [1.807, 2.05) is 0 Å². The second-order valence-corrected chi connectivity index (χ2v) is 6.95. The minimum atomic E-state index is -1.04. The molecule has 0 aromatic rings. The highest BCUT2D eigenvalue weighted by atomic mass is 32.2. The van der Waals surface area contributed by atoms with Gasteiger partial charge < -0.3 is 20.4 Å². The molecule has 2 saturated heterocycles. The van der Waals surface area contributed by atoms with Crippen molar-refractivity contribution < 1.29 is 19.8 Å². The molecule has 110 valence electrons. The number of amides is 1. The summed E-state index contributed by atoms with van der Waals surface area (Å²) in [5.74, 6) is -1.76. The van der Waals surface area contributed by atoms with Crippen LogP contribution in [0.1, 0.15) is 19.8 Å². The summed E-state index contributed by atoms with van der Waals surface area (Å²) in [4.78, 5) is 25.6. The molecule has 3 heterocycles. The molecule has 3 aliphatic heterocycles. The Balaban J connectivity index is 1.81. The van der Waals surface area contributed by atoms with E-state index in [9.17, 15) is 19.8 Å². The van der Waals surface area contributed by atoms with Crippen molar-refractivity contribution in [1.29, 1.82) is 0 Å². The maximum Gasteiger partial charge on any atom is 0.353 e. The van der Waals surface area contributed by atoms with Crippen LogP contribution in [0.15, 0.2) is 10.6 Å². The van der Waals surface area contributed by atoms with Crippen molar-refractivity contribution in [3.05, 3.63) is 10.6 Å². The largest absolute Gasteiger partial charge is 0.477 e. The van der Waals surface area contributed by atoms with Gasteiger partial charge in [-0.25, -0.2) is 4.79 Å². The molecule has 2 fully saturated rings. The number of hydrogen-bond acceptors (Lipinski definition) is 5. The Morgan fingerprint density at radius 3 is 2.85 bits per heavy atom. The lowest BCUT2D eigenvalue weighted by Gasteiger charge is -2.44. The van der Waals surface area contributed by atoms with E-state index in [1.54, 1.807) is 18.7 Å². The van der Waals surface area contributed by atoms with Crippen LogP contribution in [0.5, 0.6) is 0 Å². The van der Waals surface area contributed by atoms with E-state index in [1.165, 1.54) is 4.90 Å². The Morgan fingerprint density at radius 2 is 2.30 bits per heavy atom. The van der Waals surface area contributed by atoms with Crippen molar-refractivity contribution in [2.75, 3.05) is 13.1 Å². The number of aliphatic hydroxyl groups is 1. The number of nitrogens with zero attached hydrogens (tertiary/aromatic N) is 1. The molecular formula is C13H18N2O4S. The first kappa shape index (κ1) is 13.9. The van der Waals surface area contributed by atoms with Gasteiger partial charge in [0.15, 0.2) is 0 Å². The summed E-state index contributed by atoms with van der Waals surface area (Å²) in [5, 5.41) is 22.7. The molecule has 4 atom stereocenters. The van der Waals surface area contributed by atoms with Crippen LogP contribution in [0.3, 0.4) is 0 Å². The van der Waals surface area contributed by atoms with E-state index in [0.29, 0.717) is 11.7 Å². The third-order valence-corrected chi connectivity index (χ3v) is 5.59. The smallest absolute Gasteiger partial charge is 0.353 e. The molecule has 7 heteroatoms. The van der Waals surface area contributed by atoms with E-state index in [2.05, 4.69) is 5.32 Å². The zero-order chi connectivity index (χ0) is 14.4. The van der Waals surface area contributed by atoms with Crippen molar-refractivity contribution in [2.24, 2.45) is 5.92 Å². The minimum Gasteiger partial charge on any atom is -0.477 e. The molecule has 0 aliphatic carbocycles. The summed E-state index contributed by atoms with van der Waals surface area (Å²) in [6, 6.07) is -0.175. The van der Waals surface area contributed by atoms with E-state index >= 15 is 0 Å². The Kier molecular flexibility index (Phi) is 3.51. The number of carboxylic acids is 1. The van der Waals surface area contributed by atoms with Gasteiger partial charge in [0.25, 0.3) is 0 Å². The second kappa shape index (κ2) is 5.05. The molecular weight excluding hydrogens is 280 g/mol. The predicted molar refractivity (Wildman–Crippen MR) is 73.9 cm³/mol. The molecule has 0 bridgehead atoms. The fourth-order valence-electron chi connectivity index (χ4n) is 3.27. The molecule has 3 aliphatic rings. The number of nitrogens with one attached hydrogen (secondary N) is 1. The fourth-order valence-corrected chi connectivity index (χ4v) is 4.67. The Hall–Kier alpha value is -1.05. The lowest BCUT2D eigenvalue weighted by molar-refractivity contribution is -0.161. The van der Waals surface area contributed by atoms with Gasteiger partial charge in [-0.05, 0) is 19.9 Å². The predicted octanol–water partition coefficient (Wildman–Crippen LogP) is -0.0108. The molecule has 0 spiro atoms. The first-order chi connectivity index (χ1) is 9.50. The number of aliphatic hydroxyl groups excluding tert-OH is 1. The summed E-state index contributed by atoms with van der Waals surface area (Å²) in [5.41, 5.74) is 0.133. The normalized spacial score (nSPS) is 34.2. The van der Waals surface area contributed by atoms with E-state index < -0.39 is 18.0 Å². The van der Waals surface area contributed by atoms with Crippen LogP contribution in [0.4, 0.5) is 0 Å². The minimum absolute atomic E-state index is 0.133. The molecule has 0 saturated carbocycles. The van der Waals surface area contributed by atoms with Crippen LogP contribution in [-0.2, 0) is 9.59 Å². The van der Waals surface area contributed by atoms with Crippen LogP contribution in [0, 0.1) is 5.92 Å². The second-order valence-electron chi connectivity index (χ2n) is 5.56. The van der Waals surface area contributed by atoms with Gasteiger partial charge in [0.05, 0.1) is 18.1 Å². The topological polar surface area (TPSA) is 89.9 Å². The summed E-state index contributed by atoms with van der Waals surface area (Å²) in [6.07, 6.45) is 0.847. The average molecular weight is 298 g/mol. The number of carbonyl (C=O) groups is 2.